The quantitative estimate of drug-likeness (QED) is 0.851. The van der Waals surface area contributed by atoms with E-state index in [1.165, 1.54) is 5.56 Å². The fourth-order valence-electron chi connectivity index (χ4n) is 1.72. The monoisotopic (exact) mass is 215 g/mol. The van der Waals surface area contributed by atoms with Gasteiger partial charge < -0.3 is 10.2 Å². The lowest BCUT2D eigenvalue weighted by Crippen LogP contribution is -2.10. The summed E-state index contributed by atoms with van der Waals surface area (Å²) in [4.78, 5) is 0. The Labute approximate surface area is 96.1 Å². The molecule has 0 saturated carbocycles. The third-order valence-electron chi connectivity index (χ3n) is 2.81. The molecule has 1 unspecified atom stereocenters. The average molecular weight is 215 g/mol. The Kier molecular flexibility index (Phi) is 3.11. The normalized spacial score (nSPS) is 13.0. The van der Waals surface area contributed by atoms with Gasteiger partial charge >= 0.3 is 0 Å². The van der Waals surface area contributed by atoms with Crippen molar-refractivity contribution < 1.29 is 4.42 Å². The van der Waals surface area contributed by atoms with Crippen LogP contribution in [-0.2, 0) is 0 Å². The maximum Gasteiger partial charge on any atom is 0.124 e. The maximum absolute atomic E-state index is 6.09. The molecule has 84 valence electrons. The van der Waals surface area contributed by atoms with Crippen LogP contribution in [0.5, 0.6) is 0 Å². The number of hydrogen-bond acceptors (Lipinski definition) is 2. The molecule has 0 bridgehead atoms. The first-order valence-corrected chi connectivity index (χ1v) is 5.57. The summed E-state index contributed by atoms with van der Waals surface area (Å²) in [6.45, 7) is 4.36. The van der Waals surface area contributed by atoms with Gasteiger partial charge in [0.1, 0.15) is 5.76 Å². The lowest BCUT2D eigenvalue weighted by molar-refractivity contribution is 0.490. The van der Waals surface area contributed by atoms with Gasteiger partial charge in [-0.1, -0.05) is 38.1 Å². The summed E-state index contributed by atoms with van der Waals surface area (Å²) in [5, 5.41) is 0. The largest absolute Gasteiger partial charge is 0.467 e. The van der Waals surface area contributed by atoms with Gasteiger partial charge in [-0.2, -0.15) is 0 Å². The highest BCUT2D eigenvalue weighted by Gasteiger charge is 2.11. The van der Waals surface area contributed by atoms with Crippen molar-refractivity contribution in [3.63, 3.8) is 0 Å². The van der Waals surface area contributed by atoms with Crippen LogP contribution in [0.1, 0.15) is 42.7 Å². The zero-order valence-electron chi connectivity index (χ0n) is 9.68. The van der Waals surface area contributed by atoms with Gasteiger partial charge in [0.25, 0.3) is 0 Å². The van der Waals surface area contributed by atoms with E-state index in [1.807, 2.05) is 12.1 Å². The average Bonchev–Trinajstić information content (AvgIpc) is 2.81. The highest BCUT2D eigenvalue weighted by molar-refractivity contribution is 5.30. The van der Waals surface area contributed by atoms with Crippen molar-refractivity contribution in [3.05, 3.63) is 59.5 Å². The van der Waals surface area contributed by atoms with Crippen molar-refractivity contribution in [2.24, 2.45) is 5.73 Å². The maximum atomic E-state index is 6.09. The van der Waals surface area contributed by atoms with Crippen molar-refractivity contribution in [2.75, 3.05) is 0 Å². The molecule has 2 nitrogen and oxygen atoms in total. The second-order valence-corrected chi connectivity index (χ2v) is 4.31. The molecule has 2 heteroatoms. The van der Waals surface area contributed by atoms with Crippen LogP contribution in [0.2, 0.25) is 0 Å². The first-order chi connectivity index (χ1) is 7.68. The topological polar surface area (TPSA) is 39.2 Å². The molecule has 2 N–H and O–H groups in total. The molecule has 1 atom stereocenters. The van der Waals surface area contributed by atoms with Crippen LogP contribution < -0.4 is 5.73 Å². The Morgan fingerprint density at radius 1 is 1.00 bits per heavy atom. The van der Waals surface area contributed by atoms with E-state index < -0.39 is 0 Å². The molecule has 1 aromatic heterocycles. The van der Waals surface area contributed by atoms with Gasteiger partial charge in [-0.3, -0.25) is 0 Å². The molecule has 0 aliphatic heterocycles. The first-order valence-electron chi connectivity index (χ1n) is 5.57. The summed E-state index contributed by atoms with van der Waals surface area (Å²) in [6.07, 6.45) is 1.65. The van der Waals surface area contributed by atoms with Gasteiger partial charge in [-0.05, 0) is 29.2 Å². The zero-order valence-corrected chi connectivity index (χ0v) is 9.68. The molecular weight excluding hydrogens is 198 g/mol. The molecule has 1 aromatic carbocycles. The summed E-state index contributed by atoms with van der Waals surface area (Å²) < 4.78 is 5.30. The Hall–Kier alpha value is -1.54. The molecule has 0 spiro atoms. The summed E-state index contributed by atoms with van der Waals surface area (Å²) >= 11 is 0. The molecule has 0 aliphatic rings. The fraction of sp³-hybridized carbons (Fsp3) is 0.286. The van der Waals surface area contributed by atoms with Crippen molar-refractivity contribution in [1.82, 2.24) is 0 Å². The Morgan fingerprint density at radius 2 is 1.62 bits per heavy atom. The lowest BCUT2D eigenvalue weighted by Gasteiger charge is -2.11. The van der Waals surface area contributed by atoms with Crippen molar-refractivity contribution in [1.29, 1.82) is 0 Å². The third kappa shape index (κ3) is 2.17. The second-order valence-electron chi connectivity index (χ2n) is 4.31. The van der Waals surface area contributed by atoms with Crippen LogP contribution in [0.3, 0.4) is 0 Å². The van der Waals surface area contributed by atoms with E-state index in [-0.39, 0.29) is 6.04 Å². The molecule has 0 radical (unpaired) electrons. The zero-order chi connectivity index (χ0) is 11.5. The minimum Gasteiger partial charge on any atom is -0.467 e. The van der Waals surface area contributed by atoms with Crippen LogP contribution in [0.4, 0.5) is 0 Å². The molecule has 16 heavy (non-hydrogen) atoms. The molecule has 2 rings (SSSR count). The van der Waals surface area contributed by atoms with Gasteiger partial charge in [0.2, 0.25) is 0 Å². The van der Waals surface area contributed by atoms with Gasteiger partial charge in [0.05, 0.1) is 12.3 Å². The van der Waals surface area contributed by atoms with E-state index in [9.17, 15) is 0 Å². The molecule has 2 aromatic rings. The van der Waals surface area contributed by atoms with Crippen LogP contribution in [0.25, 0.3) is 0 Å². The third-order valence-corrected chi connectivity index (χ3v) is 2.81. The predicted octanol–water partition coefficient (Wildman–Crippen LogP) is 3.45. The van der Waals surface area contributed by atoms with Crippen LogP contribution >= 0.6 is 0 Å². The minimum atomic E-state index is -0.170. The van der Waals surface area contributed by atoms with Gasteiger partial charge in [-0.25, -0.2) is 0 Å². The van der Waals surface area contributed by atoms with E-state index in [0.29, 0.717) is 5.92 Å². The SMILES string of the molecule is CC(C)c1ccc(C(N)c2ccco2)cc1. The predicted molar refractivity (Wildman–Crippen MR) is 65.3 cm³/mol. The van der Waals surface area contributed by atoms with Gasteiger partial charge in [0.15, 0.2) is 0 Å². The summed E-state index contributed by atoms with van der Waals surface area (Å²) in [6, 6.07) is 12.0. The van der Waals surface area contributed by atoms with Crippen LogP contribution in [-0.4, -0.2) is 0 Å². The minimum absolute atomic E-state index is 0.170. The second kappa shape index (κ2) is 4.54. The number of nitrogens with two attached hydrogens (primary N) is 1. The van der Waals surface area contributed by atoms with E-state index >= 15 is 0 Å². The standard InChI is InChI=1S/C14H17NO/c1-10(2)11-5-7-12(8-6-11)14(15)13-4-3-9-16-13/h3-10,14H,15H2,1-2H3. The number of hydrogen-bond donors (Lipinski definition) is 1. The molecule has 0 aliphatic carbocycles. The number of furan rings is 1. The first kappa shape index (κ1) is 11.0. The summed E-state index contributed by atoms with van der Waals surface area (Å²) in [5.74, 6) is 1.35. The highest BCUT2D eigenvalue weighted by Crippen LogP contribution is 2.22. The molecule has 0 amide bonds. The van der Waals surface area contributed by atoms with E-state index in [2.05, 4.69) is 38.1 Å². The van der Waals surface area contributed by atoms with Crippen molar-refractivity contribution >= 4 is 0 Å². The molecule has 1 heterocycles. The molecule has 0 fully saturated rings. The van der Waals surface area contributed by atoms with E-state index in [1.54, 1.807) is 6.26 Å². The lowest BCUT2D eigenvalue weighted by atomic mass is 9.98. The Balaban J connectivity index is 2.22. The van der Waals surface area contributed by atoms with Gasteiger partial charge in [0, 0.05) is 0 Å². The van der Waals surface area contributed by atoms with Crippen LogP contribution in [0, 0.1) is 0 Å². The molecule has 0 saturated heterocycles. The molecular formula is C14H17NO. The van der Waals surface area contributed by atoms with Crippen molar-refractivity contribution in [2.45, 2.75) is 25.8 Å². The smallest absolute Gasteiger partial charge is 0.124 e. The van der Waals surface area contributed by atoms with Crippen molar-refractivity contribution in [3.8, 4) is 0 Å². The number of benzene rings is 1. The summed E-state index contributed by atoms with van der Waals surface area (Å²) in [5.41, 5.74) is 8.50. The van der Waals surface area contributed by atoms with Gasteiger partial charge in [-0.15, -0.1) is 0 Å². The Bertz CT molecular complexity index is 428. The van der Waals surface area contributed by atoms with E-state index in [0.717, 1.165) is 11.3 Å². The Morgan fingerprint density at radius 3 is 2.12 bits per heavy atom. The summed E-state index contributed by atoms with van der Waals surface area (Å²) in [7, 11) is 0. The van der Waals surface area contributed by atoms with Crippen LogP contribution in [0.15, 0.2) is 47.1 Å². The fourth-order valence-corrected chi connectivity index (χ4v) is 1.72. The number of rotatable bonds is 3. The highest BCUT2D eigenvalue weighted by atomic mass is 16.3. The van der Waals surface area contributed by atoms with E-state index in [4.69, 9.17) is 10.2 Å².